The van der Waals surface area contributed by atoms with Crippen molar-refractivity contribution in [3.63, 3.8) is 0 Å². The number of aliphatic hydroxyl groups excluding tert-OH is 1. The fraction of sp³-hybridized carbons (Fsp3) is 0.429. The molecule has 2 aromatic rings. The van der Waals surface area contributed by atoms with Crippen LogP contribution in [-0.2, 0) is 22.9 Å². The van der Waals surface area contributed by atoms with Crippen molar-refractivity contribution in [3.05, 3.63) is 65.7 Å². The van der Waals surface area contributed by atoms with Crippen LogP contribution >= 0.6 is 0 Å². The predicted molar refractivity (Wildman–Crippen MR) is 104 cm³/mol. The fourth-order valence-corrected chi connectivity index (χ4v) is 4.98. The molecule has 158 valence electrons. The third kappa shape index (κ3) is 4.82. The Hall–Kier alpha value is -1.90. The number of hydrogen-bond acceptors (Lipinski definition) is 3. The maximum absolute atomic E-state index is 14.9. The normalized spacial score (nSPS) is 27.2. The summed E-state index contributed by atoms with van der Waals surface area (Å²) < 4.78 is 70.4. The Balaban J connectivity index is 1.83. The molecule has 1 fully saturated rings. The Morgan fingerprint density at radius 2 is 1.62 bits per heavy atom. The molecule has 8 heteroatoms. The monoisotopic (exact) mass is 427 g/mol. The van der Waals surface area contributed by atoms with Crippen molar-refractivity contribution < 1.29 is 26.7 Å². The van der Waals surface area contributed by atoms with Crippen LogP contribution in [-0.4, -0.2) is 45.2 Å². The molecule has 2 N–H and O–H groups in total. The van der Waals surface area contributed by atoms with Gasteiger partial charge in [-0.3, -0.25) is 0 Å². The van der Waals surface area contributed by atoms with Crippen molar-refractivity contribution >= 4 is 10.0 Å². The molecule has 0 saturated heterocycles. The van der Waals surface area contributed by atoms with E-state index in [0.29, 0.717) is 12.0 Å². The van der Waals surface area contributed by atoms with Crippen molar-refractivity contribution in [3.8, 4) is 0 Å². The van der Waals surface area contributed by atoms with E-state index in [1.165, 1.54) is 12.1 Å². The molecule has 1 aliphatic carbocycles. The molecular weight excluding hydrogens is 403 g/mol. The molecule has 0 bridgehead atoms. The lowest BCUT2D eigenvalue weighted by atomic mass is 9.78. The van der Waals surface area contributed by atoms with Gasteiger partial charge in [-0.15, -0.1) is 0 Å². The van der Waals surface area contributed by atoms with Crippen molar-refractivity contribution in [1.82, 2.24) is 4.72 Å². The van der Waals surface area contributed by atoms with Crippen LogP contribution in [0.2, 0.25) is 0 Å². The van der Waals surface area contributed by atoms with Gasteiger partial charge in [0.15, 0.2) is 6.17 Å². The van der Waals surface area contributed by atoms with Gasteiger partial charge < -0.3 is 5.11 Å². The molecule has 4 unspecified atom stereocenters. The second-order valence-corrected chi connectivity index (χ2v) is 9.30. The van der Waals surface area contributed by atoms with Gasteiger partial charge in [-0.2, -0.15) is 0 Å². The first kappa shape index (κ1) is 21.8. The summed E-state index contributed by atoms with van der Waals surface area (Å²) in [7, 11) is -3.94. The van der Waals surface area contributed by atoms with Crippen LogP contribution in [0.4, 0.5) is 13.2 Å². The zero-order valence-corrected chi connectivity index (χ0v) is 16.6. The van der Waals surface area contributed by atoms with Crippen molar-refractivity contribution in [2.24, 2.45) is 5.41 Å². The molecule has 0 spiro atoms. The minimum Gasteiger partial charge on any atom is -0.396 e. The second-order valence-electron chi connectivity index (χ2n) is 7.53. The highest BCUT2D eigenvalue weighted by atomic mass is 32.2. The lowest BCUT2D eigenvalue weighted by Crippen LogP contribution is -2.44. The second kappa shape index (κ2) is 8.85. The maximum atomic E-state index is 14.9. The van der Waals surface area contributed by atoms with Crippen LogP contribution in [0.5, 0.6) is 0 Å². The lowest BCUT2D eigenvalue weighted by Gasteiger charge is -2.31. The van der Waals surface area contributed by atoms with Gasteiger partial charge in [0.25, 0.3) is 0 Å². The molecule has 0 radical (unpaired) electrons. The fourth-order valence-electron chi connectivity index (χ4n) is 3.82. The number of aliphatic hydroxyl groups is 1. The summed E-state index contributed by atoms with van der Waals surface area (Å²) in [6.45, 7) is -0.422. The summed E-state index contributed by atoms with van der Waals surface area (Å²) in [6, 6.07) is 14.5. The van der Waals surface area contributed by atoms with Crippen LogP contribution in [0.1, 0.15) is 17.5 Å². The van der Waals surface area contributed by atoms with E-state index < -0.39 is 46.9 Å². The molecular formula is C21H24F3NO3S. The number of nitrogens with one attached hydrogen (secondary N) is 1. The first-order valence-corrected chi connectivity index (χ1v) is 10.9. The number of benzene rings is 2. The van der Waals surface area contributed by atoms with Gasteiger partial charge in [-0.1, -0.05) is 42.5 Å². The average Bonchev–Trinajstić information content (AvgIpc) is 2.93. The molecule has 4 atom stereocenters. The lowest BCUT2D eigenvalue weighted by molar-refractivity contribution is 0.0831. The van der Waals surface area contributed by atoms with Gasteiger partial charge in [0, 0.05) is 18.6 Å². The number of alkyl halides is 3. The quantitative estimate of drug-likeness (QED) is 0.680. The molecule has 1 aliphatic rings. The molecule has 0 amide bonds. The van der Waals surface area contributed by atoms with Gasteiger partial charge in [-0.05, 0) is 42.5 Å². The van der Waals surface area contributed by atoms with E-state index in [1.807, 2.05) is 0 Å². The van der Waals surface area contributed by atoms with Crippen LogP contribution in [0.3, 0.4) is 0 Å². The Kier molecular flexibility index (Phi) is 6.65. The summed E-state index contributed by atoms with van der Waals surface area (Å²) in [6.07, 6.45) is -6.36. The van der Waals surface area contributed by atoms with Crippen LogP contribution in [0.25, 0.3) is 0 Å². The van der Waals surface area contributed by atoms with E-state index in [2.05, 4.69) is 4.72 Å². The Labute approximate surface area is 168 Å². The molecule has 0 aliphatic heterocycles. The van der Waals surface area contributed by atoms with E-state index in [9.17, 15) is 21.6 Å². The van der Waals surface area contributed by atoms with E-state index in [4.69, 9.17) is 5.11 Å². The summed E-state index contributed by atoms with van der Waals surface area (Å²) in [5, 5.41) is 8.99. The van der Waals surface area contributed by atoms with Gasteiger partial charge in [-0.25, -0.2) is 26.3 Å². The summed E-state index contributed by atoms with van der Waals surface area (Å²) in [4.78, 5) is 0.00510. The van der Waals surface area contributed by atoms with E-state index in [0.717, 1.165) is 5.56 Å². The highest BCUT2D eigenvalue weighted by Gasteiger charge is 2.55. The first-order valence-electron chi connectivity index (χ1n) is 9.43. The molecule has 4 nitrogen and oxygen atoms in total. The Bertz CT molecular complexity index is 909. The Morgan fingerprint density at radius 3 is 2.17 bits per heavy atom. The summed E-state index contributed by atoms with van der Waals surface area (Å²) >= 11 is 0. The van der Waals surface area contributed by atoms with Crippen molar-refractivity contribution in [1.29, 1.82) is 0 Å². The van der Waals surface area contributed by atoms with Crippen LogP contribution in [0, 0.1) is 5.41 Å². The van der Waals surface area contributed by atoms with E-state index in [-0.39, 0.29) is 17.9 Å². The molecule has 3 rings (SSSR count). The number of halogens is 3. The van der Waals surface area contributed by atoms with E-state index in [1.54, 1.807) is 42.5 Å². The van der Waals surface area contributed by atoms with Gasteiger partial charge in [0.05, 0.1) is 4.90 Å². The van der Waals surface area contributed by atoms with Gasteiger partial charge in [0.1, 0.15) is 12.3 Å². The topological polar surface area (TPSA) is 66.4 Å². The minimum absolute atomic E-state index is 0.00510. The zero-order valence-electron chi connectivity index (χ0n) is 15.8. The third-order valence-electron chi connectivity index (χ3n) is 5.46. The summed E-state index contributed by atoms with van der Waals surface area (Å²) in [5.41, 5.74) is -0.00120. The van der Waals surface area contributed by atoms with Crippen LogP contribution in [0.15, 0.2) is 59.5 Å². The molecule has 1 saturated carbocycles. The molecule has 2 aromatic carbocycles. The standard InChI is InChI=1S/C21H24F3NO3S/c22-18-13-21(20(24)19(18)23,12-16-8-6-15(7-9-16)10-11-26)14-25-29(27,28)17-4-2-1-3-5-17/h1-9,18-20,25-26H,10-14H2. The smallest absolute Gasteiger partial charge is 0.240 e. The molecule has 29 heavy (non-hydrogen) atoms. The predicted octanol–water partition coefficient (Wildman–Crippen LogP) is 3.15. The number of sulfonamides is 1. The average molecular weight is 427 g/mol. The maximum Gasteiger partial charge on any atom is 0.240 e. The van der Waals surface area contributed by atoms with Crippen molar-refractivity contribution in [2.45, 2.75) is 42.7 Å². The number of rotatable bonds is 8. The van der Waals surface area contributed by atoms with E-state index >= 15 is 0 Å². The van der Waals surface area contributed by atoms with Gasteiger partial charge >= 0.3 is 0 Å². The molecule has 0 heterocycles. The Morgan fingerprint density at radius 1 is 1.00 bits per heavy atom. The van der Waals surface area contributed by atoms with Crippen molar-refractivity contribution in [2.75, 3.05) is 13.2 Å². The SMILES string of the molecule is O=S(=O)(NCC1(Cc2ccc(CCO)cc2)CC(F)C(F)C1F)c1ccccc1. The van der Waals surface area contributed by atoms with Gasteiger partial charge in [0.2, 0.25) is 10.0 Å². The minimum atomic E-state index is -3.94. The highest BCUT2D eigenvalue weighted by Crippen LogP contribution is 2.46. The zero-order chi connectivity index (χ0) is 21.1. The number of hydrogen-bond donors (Lipinski definition) is 2. The van der Waals surface area contributed by atoms with Crippen LogP contribution < -0.4 is 4.72 Å². The third-order valence-corrected chi connectivity index (χ3v) is 6.88. The largest absolute Gasteiger partial charge is 0.396 e. The highest BCUT2D eigenvalue weighted by molar-refractivity contribution is 7.89. The first-order chi connectivity index (χ1) is 13.8. The summed E-state index contributed by atoms with van der Waals surface area (Å²) in [5.74, 6) is 0. The molecule has 0 aromatic heterocycles.